The van der Waals surface area contributed by atoms with Gasteiger partial charge >= 0.3 is 6.03 Å². The van der Waals surface area contributed by atoms with Gasteiger partial charge < -0.3 is 16.0 Å². The second kappa shape index (κ2) is 9.52. The number of nitrogens with zero attached hydrogens (tertiary/aromatic N) is 2. The topological polar surface area (TPSA) is 113 Å². The highest BCUT2D eigenvalue weighted by Crippen LogP contribution is 2.32. The van der Waals surface area contributed by atoms with E-state index in [1.54, 1.807) is 11.0 Å². The predicted octanol–water partition coefficient (Wildman–Crippen LogP) is 2.69. The minimum Gasteiger partial charge on any atom is -0.352 e. The van der Waals surface area contributed by atoms with Crippen molar-refractivity contribution in [2.24, 2.45) is 5.73 Å². The molecule has 30 heavy (non-hydrogen) atoms. The standard InChI is InChI=1S/C18H20Cl2N4O4S2/c19-12-3-1-4-13(20)17(12)30(27,28)24-8-6-23(7-9-24)16(25)11-14(22-18(21)26)15-5-2-10-29-15/h1-5,10,14H,6-9,11H2,(H3,21,22,26). The largest absolute Gasteiger partial charge is 0.352 e. The minimum atomic E-state index is -3.89. The summed E-state index contributed by atoms with van der Waals surface area (Å²) in [4.78, 5) is 26.3. The Bertz CT molecular complexity index is 1000. The van der Waals surface area contributed by atoms with E-state index in [0.29, 0.717) is 0 Å². The number of hydrogen-bond acceptors (Lipinski definition) is 5. The lowest BCUT2D eigenvalue weighted by atomic mass is 10.1. The van der Waals surface area contributed by atoms with Gasteiger partial charge in [0.1, 0.15) is 4.90 Å². The summed E-state index contributed by atoms with van der Waals surface area (Å²) in [7, 11) is -3.89. The van der Waals surface area contributed by atoms with Gasteiger partial charge in [-0.25, -0.2) is 13.2 Å². The molecule has 1 aromatic carbocycles. The lowest BCUT2D eigenvalue weighted by molar-refractivity contribution is -0.132. The van der Waals surface area contributed by atoms with Crippen molar-refractivity contribution in [3.63, 3.8) is 0 Å². The van der Waals surface area contributed by atoms with Gasteiger partial charge in [-0.15, -0.1) is 11.3 Å². The fourth-order valence-electron chi connectivity index (χ4n) is 3.22. The lowest BCUT2D eigenvalue weighted by Gasteiger charge is -2.35. The molecule has 0 saturated carbocycles. The number of benzene rings is 1. The van der Waals surface area contributed by atoms with E-state index in [1.807, 2.05) is 17.5 Å². The highest BCUT2D eigenvalue weighted by Gasteiger charge is 2.33. The maximum atomic E-state index is 13.0. The zero-order valence-corrected chi connectivity index (χ0v) is 18.9. The molecule has 1 atom stereocenters. The Balaban J connectivity index is 1.66. The van der Waals surface area contributed by atoms with Gasteiger partial charge in [-0.3, -0.25) is 4.79 Å². The molecule has 3 N–H and O–H groups in total. The van der Waals surface area contributed by atoms with Crippen LogP contribution in [0.2, 0.25) is 10.0 Å². The average molecular weight is 491 g/mol. The van der Waals surface area contributed by atoms with Crippen LogP contribution in [0.5, 0.6) is 0 Å². The quantitative estimate of drug-likeness (QED) is 0.647. The van der Waals surface area contributed by atoms with Crippen molar-refractivity contribution in [3.05, 3.63) is 50.6 Å². The van der Waals surface area contributed by atoms with Crippen LogP contribution in [0.3, 0.4) is 0 Å². The average Bonchev–Trinajstić information content (AvgIpc) is 3.21. The Labute approximate surface area is 188 Å². The van der Waals surface area contributed by atoms with Crippen molar-refractivity contribution in [1.29, 1.82) is 0 Å². The first kappa shape index (κ1) is 22.8. The zero-order chi connectivity index (χ0) is 21.9. The Morgan fingerprint density at radius 2 is 1.73 bits per heavy atom. The molecule has 1 unspecified atom stereocenters. The fourth-order valence-corrected chi connectivity index (χ4v) is 6.52. The lowest BCUT2D eigenvalue weighted by Crippen LogP contribution is -2.51. The summed E-state index contributed by atoms with van der Waals surface area (Å²) in [5.41, 5.74) is 5.23. The first-order valence-corrected chi connectivity index (χ1v) is 12.1. The summed E-state index contributed by atoms with van der Waals surface area (Å²) in [5.74, 6) is -0.199. The van der Waals surface area contributed by atoms with E-state index in [4.69, 9.17) is 28.9 Å². The van der Waals surface area contributed by atoms with Gasteiger partial charge in [0.25, 0.3) is 0 Å². The van der Waals surface area contributed by atoms with Crippen LogP contribution in [0, 0.1) is 0 Å². The van der Waals surface area contributed by atoms with Gasteiger partial charge in [0.2, 0.25) is 15.9 Å². The number of hydrogen-bond donors (Lipinski definition) is 2. The number of nitrogens with one attached hydrogen (secondary N) is 1. The summed E-state index contributed by atoms with van der Waals surface area (Å²) >= 11 is 13.5. The number of nitrogens with two attached hydrogens (primary N) is 1. The maximum absolute atomic E-state index is 13.0. The van der Waals surface area contributed by atoms with Gasteiger partial charge in [-0.1, -0.05) is 35.3 Å². The number of halogens is 2. The third kappa shape index (κ3) is 5.06. The third-order valence-corrected chi connectivity index (χ3v) is 8.53. The van der Waals surface area contributed by atoms with Crippen LogP contribution >= 0.6 is 34.5 Å². The van der Waals surface area contributed by atoms with Crippen LogP contribution in [0.25, 0.3) is 0 Å². The van der Waals surface area contributed by atoms with E-state index in [9.17, 15) is 18.0 Å². The smallest absolute Gasteiger partial charge is 0.312 e. The molecule has 2 heterocycles. The predicted molar refractivity (Wildman–Crippen MR) is 116 cm³/mol. The number of carbonyl (C=O) groups excluding carboxylic acids is 2. The summed E-state index contributed by atoms with van der Waals surface area (Å²) in [6.07, 6.45) is 0.0343. The molecule has 1 aromatic heterocycles. The number of piperazine rings is 1. The molecule has 2 aromatic rings. The summed E-state index contributed by atoms with van der Waals surface area (Å²) in [6, 6.07) is 6.91. The number of carbonyl (C=O) groups is 2. The number of urea groups is 1. The SMILES string of the molecule is NC(=O)NC(CC(=O)N1CCN(S(=O)(=O)c2c(Cl)cccc2Cl)CC1)c1cccs1. The minimum absolute atomic E-state index is 0.0343. The van der Waals surface area contributed by atoms with Gasteiger partial charge in [0.15, 0.2) is 0 Å². The van der Waals surface area contributed by atoms with Gasteiger partial charge in [-0.05, 0) is 23.6 Å². The molecule has 12 heteroatoms. The van der Waals surface area contributed by atoms with Crippen molar-refractivity contribution < 1.29 is 18.0 Å². The number of sulfonamides is 1. The van der Waals surface area contributed by atoms with Crippen LogP contribution in [-0.4, -0.2) is 55.7 Å². The van der Waals surface area contributed by atoms with Gasteiger partial charge in [-0.2, -0.15) is 4.31 Å². The Hall–Kier alpha value is -1.85. The van der Waals surface area contributed by atoms with Crippen molar-refractivity contribution in [2.45, 2.75) is 17.4 Å². The Morgan fingerprint density at radius 3 is 2.27 bits per heavy atom. The molecular weight excluding hydrogens is 471 g/mol. The van der Waals surface area contributed by atoms with E-state index < -0.39 is 22.1 Å². The zero-order valence-electron chi connectivity index (χ0n) is 15.8. The van der Waals surface area contributed by atoms with Crippen LogP contribution in [0.1, 0.15) is 17.3 Å². The molecule has 0 radical (unpaired) electrons. The first-order chi connectivity index (χ1) is 14.2. The summed E-state index contributed by atoms with van der Waals surface area (Å²) < 4.78 is 27.2. The number of thiophene rings is 1. The number of rotatable bonds is 6. The molecule has 162 valence electrons. The Kier molecular flexibility index (Phi) is 7.25. The van der Waals surface area contributed by atoms with Gasteiger partial charge in [0.05, 0.1) is 22.5 Å². The second-order valence-corrected chi connectivity index (χ2v) is 10.3. The van der Waals surface area contributed by atoms with E-state index in [0.717, 1.165) is 4.88 Å². The van der Waals surface area contributed by atoms with E-state index in [1.165, 1.54) is 27.8 Å². The molecule has 1 saturated heterocycles. The molecule has 1 aliphatic rings. The molecule has 8 nitrogen and oxygen atoms in total. The Morgan fingerprint density at radius 1 is 1.10 bits per heavy atom. The fraction of sp³-hybridized carbons (Fsp3) is 0.333. The summed E-state index contributed by atoms with van der Waals surface area (Å²) in [5, 5.41) is 4.54. The molecule has 0 bridgehead atoms. The summed E-state index contributed by atoms with van der Waals surface area (Å²) in [6.45, 7) is 0.660. The molecule has 3 rings (SSSR count). The van der Waals surface area contributed by atoms with Crippen molar-refractivity contribution in [1.82, 2.24) is 14.5 Å². The van der Waals surface area contributed by atoms with Crippen LogP contribution in [0.15, 0.2) is 40.6 Å². The van der Waals surface area contributed by atoms with E-state index in [2.05, 4.69) is 5.32 Å². The molecule has 3 amide bonds. The molecule has 0 spiro atoms. The maximum Gasteiger partial charge on any atom is 0.312 e. The van der Waals surface area contributed by atoms with E-state index in [-0.39, 0.29) is 53.4 Å². The van der Waals surface area contributed by atoms with Crippen molar-refractivity contribution in [2.75, 3.05) is 26.2 Å². The van der Waals surface area contributed by atoms with Crippen molar-refractivity contribution >= 4 is 56.5 Å². The highest BCUT2D eigenvalue weighted by atomic mass is 35.5. The number of primary amides is 1. The third-order valence-electron chi connectivity index (χ3n) is 4.69. The van der Waals surface area contributed by atoms with Crippen LogP contribution < -0.4 is 11.1 Å². The first-order valence-electron chi connectivity index (χ1n) is 9.01. The second-order valence-electron chi connectivity index (χ2n) is 6.62. The molecule has 0 aliphatic carbocycles. The molecule has 1 fully saturated rings. The monoisotopic (exact) mass is 490 g/mol. The van der Waals surface area contributed by atoms with Crippen molar-refractivity contribution in [3.8, 4) is 0 Å². The normalized spacial score (nSPS) is 16.3. The van der Waals surface area contributed by atoms with Crippen LogP contribution in [0.4, 0.5) is 4.79 Å². The van der Waals surface area contributed by atoms with E-state index >= 15 is 0 Å². The molecular formula is C18H20Cl2N4O4S2. The van der Waals surface area contributed by atoms with Gasteiger partial charge in [0, 0.05) is 31.1 Å². The van der Waals surface area contributed by atoms with Crippen LogP contribution in [-0.2, 0) is 14.8 Å². The highest BCUT2D eigenvalue weighted by molar-refractivity contribution is 7.89. The number of amides is 3. The molecule has 1 aliphatic heterocycles.